The van der Waals surface area contributed by atoms with Crippen molar-refractivity contribution in [3.8, 4) is 11.5 Å². The Balaban J connectivity index is 2.18. The van der Waals surface area contributed by atoms with E-state index < -0.39 is 0 Å². The fourth-order valence-electron chi connectivity index (χ4n) is 2.07. The van der Waals surface area contributed by atoms with Crippen molar-refractivity contribution in [3.63, 3.8) is 0 Å². The fourth-order valence-corrected chi connectivity index (χ4v) is 2.07. The van der Waals surface area contributed by atoms with Crippen LogP contribution < -0.4 is 4.74 Å². The third-order valence-electron chi connectivity index (χ3n) is 3.37. The van der Waals surface area contributed by atoms with E-state index in [1.165, 1.54) is 5.56 Å². The normalized spacial score (nSPS) is 11.4. The Labute approximate surface area is 121 Å². The monoisotopic (exact) mass is 270 g/mol. The molecule has 20 heavy (non-hydrogen) atoms. The zero-order chi connectivity index (χ0) is 14.8. The zero-order valence-corrected chi connectivity index (χ0v) is 12.6. The van der Waals surface area contributed by atoms with Gasteiger partial charge in [0.15, 0.2) is 0 Å². The molecule has 2 heteroatoms. The molecule has 0 aliphatic heterocycles. The van der Waals surface area contributed by atoms with Gasteiger partial charge in [0, 0.05) is 0 Å². The summed E-state index contributed by atoms with van der Waals surface area (Å²) in [6.07, 6.45) is 0. The standard InChI is InChI=1S/C18H22O2/c1-13-11-14(12-19)5-10-17(13)20-16-8-6-15(7-9-16)18(2,3)4/h5-11,19H,12H2,1-4H3. The average molecular weight is 270 g/mol. The van der Waals surface area contributed by atoms with Crippen molar-refractivity contribution in [2.24, 2.45) is 0 Å². The number of aliphatic hydroxyl groups excluding tert-OH is 1. The zero-order valence-electron chi connectivity index (χ0n) is 12.6. The van der Waals surface area contributed by atoms with Gasteiger partial charge in [-0.05, 0) is 47.2 Å². The van der Waals surface area contributed by atoms with Crippen molar-refractivity contribution in [2.45, 2.75) is 39.7 Å². The Morgan fingerprint density at radius 2 is 1.65 bits per heavy atom. The van der Waals surface area contributed by atoms with Gasteiger partial charge in [-0.25, -0.2) is 0 Å². The van der Waals surface area contributed by atoms with Crippen molar-refractivity contribution in [1.29, 1.82) is 0 Å². The lowest BCUT2D eigenvalue weighted by atomic mass is 9.87. The first-order valence-corrected chi connectivity index (χ1v) is 6.89. The van der Waals surface area contributed by atoms with E-state index in [9.17, 15) is 0 Å². The minimum Gasteiger partial charge on any atom is -0.457 e. The molecule has 0 atom stereocenters. The molecule has 0 aromatic heterocycles. The van der Waals surface area contributed by atoms with Crippen LogP contribution in [0, 0.1) is 6.92 Å². The number of rotatable bonds is 3. The van der Waals surface area contributed by atoms with E-state index in [-0.39, 0.29) is 12.0 Å². The minimum atomic E-state index is 0.0569. The summed E-state index contributed by atoms with van der Waals surface area (Å²) >= 11 is 0. The van der Waals surface area contributed by atoms with E-state index in [2.05, 4.69) is 32.9 Å². The van der Waals surface area contributed by atoms with Gasteiger partial charge in [-0.3, -0.25) is 0 Å². The minimum absolute atomic E-state index is 0.0569. The number of aryl methyl sites for hydroxylation is 1. The van der Waals surface area contributed by atoms with Crippen molar-refractivity contribution < 1.29 is 9.84 Å². The van der Waals surface area contributed by atoms with Crippen LogP contribution in [0.4, 0.5) is 0 Å². The molecule has 0 bridgehead atoms. The van der Waals surface area contributed by atoms with Gasteiger partial charge in [0.2, 0.25) is 0 Å². The molecule has 0 fully saturated rings. The molecule has 0 unspecified atom stereocenters. The SMILES string of the molecule is Cc1cc(CO)ccc1Oc1ccc(C(C)(C)C)cc1. The molecule has 0 radical (unpaired) electrons. The molecule has 0 heterocycles. The van der Waals surface area contributed by atoms with E-state index in [4.69, 9.17) is 9.84 Å². The van der Waals surface area contributed by atoms with Crippen molar-refractivity contribution in [3.05, 3.63) is 59.2 Å². The van der Waals surface area contributed by atoms with Crippen LogP contribution >= 0.6 is 0 Å². The van der Waals surface area contributed by atoms with Gasteiger partial charge in [-0.2, -0.15) is 0 Å². The molecule has 0 aliphatic carbocycles. The van der Waals surface area contributed by atoms with Crippen LogP contribution in [0.5, 0.6) is 11.5 Å². The van der Waals surface area contributed by atoms with Crippen LogP contribution in [0.25, 0.3) is 0 Å². The summed E-state index contributed by atoms with van der Waals surface area (Å²) < 4.78 is 5.89. The van der Waals surface area contributed by atoms with E-state index in [1.807, 2.05) is 37.3 Å². The third-order valence-corrected chi connectivity index (χ3v) is 3.37. The Hall–Kier alpha value is -1.80. The largest absolute Gasteiger partial charge is 0.457 e. The molecular formula is C18H22O2. The number of benzene rings is 2. The van der Waals surface area contributed by atoms with E-state index in [0.717, 1.165) is 22.6 Å². The smallest absolute Gasteiger partial charge is 0.130 e. The summed E-state index contributed by atoms with van der Waals surface area (Å²) in [7, 11) is 0. The number of hydrogen-bond donors (Lipinski definition) is 1. The van der Waals surface area contributed by atoms with Crippen LogP contribution in [-0.2, 0) is 12.0 Å². The highest BCUT2D eigenvalue weighted by Crippen LogP contribution is 2.28. The van der Waals surface area contributed by atoms with Crippen LogP contribution in [-0.4, -0.2) is 5.11 Å². The van der Waals surface area contributed by atoms with Gasteiger partial charge in [0.1, 0.15) is 11.5 Å². The maximum atomic E-state index is 9.11. The predicted octanol–water partition coefficient (Wildman–Crippen LogP) is 4.58. The summed E-state index contributed by atoms with van der Waals surface area (Å²) in [5.41, 5.74) is 3.36. The van der Waals surface area contributed by atoms with Gasteiger partial charge in [0.25, 0.3) is 0 Å². The lowest BCUT2D eigenvalue weighted by Crippen LogP contribution is -2.10. The average Bonchev–Trinajstić information content (AvgIpc) is 2.40. The summed E-state index contributed by atoms with van der Waals surface area (Å²) in [6, 6.07) is 13.9. The summed E-state index contributed by atoms with van der Waals surface area (Å²) in [5.74, 6) is 1.66. The molecule has 0 spiro atoms. The summed E-state index contributed by atoms with van der Waals surface area (Å²) in [6.45, 7) is 8.63. The highest BCUT2D eigenvalue weighted by atomic mass is 16.5. The van der Waals surface area contributed by atoms with E-state index >= 15 is 0 Å². The van der Waals surface area contributed by atoms with Crippen molar-refractivity contribution in [1.82, 2.24) is 0 Å². The fraction of sp³-hybridized carbons (Fsp3) is 0.333. The third kappa shape index (κ3) is 3.40. The Bertz CT molecular complexity index is 577. The molecule has 1 N–H and O–H groups in total. The van der Waals surface area contributed by atoms with Crippen LogP contribution in [0.2, 0.25) is 0 Å². The molecule has 2 aromatic rings. The Morgan fingerprint density at radius 1 is 1.00 bits per heavy atom. The number of hydrogen-bond acceptors (Lipinski definition) is 2. The maximum Gasteiger partial charge on any atom is 0.130 e. The molecule has 2 nitrogen and oxygen atoms in total. The maximum absolute atomic E-state index is 9.11. The first kappa shape index (κ1) is 14.6. The molecule has 106 valence electrons. The molecule has 2 aromatic carbocycles. The van der Waals surface area contributed by atoms with Gasteiger partial charge in [0.05, 0.1) is 6.61 Å². The summed E-state index contributed by atoms with van der Waals surface area (Å²) in [4.78, 5) is 0. The van der Waals surface area contributed by atoms with E-state index in [1.54, 1.807) is 0 Å². The highest BCUT2D eigenvalue weighted by Gasteiger charge is 2.13. The molecule has 0 amide bonds. The van der Waals surface area contributed by atoms with Crippen molar-refractivity contribution >= 4 is 0 Å². The second-order valence-electron chi connectivity index (χ2n) is 6.13. The second kappa shape index (κ2) is 5.68. The van der Waals surface area contributed by atoms with Crippen LogP contribution in [0.1, 0.15) is 37.5 Å². The summed E-state index contributed by atoms with van der Waals surface area (Å²) in [5, 5.41) is 9.11. The van der Waals surface area contributed by atoms with Gasteiger partial charge >= 0.3 is 0 Å². The van der Waals surface area contributed by atoms with Gasteiger partial charge in [-0.1, -0.05) is 45.0 Å². The molecule has 0 saturated carbocycles. The molecule has 2 rings (SSSR count). The van der Waals surface area contributed by atoms with Gasteiger partial charge < -0.3 is 9.84 Å². The lowest BCUT2D eigenvalue weighted by Gasteiger charge is -2.19. The first-order valence-electron chi connectivity index (χ1n) is 6.89. The number of aliphatic hydroxyl groups is 1. The Morgan fingerprint density at radius 3 is 2.15 bits per heavy atom. The first-order chi connectivity index (χ1) is 9.40. The van der Waals surface area contributed by atoms with Crippen molar-refractivity contribution in [2.75, 3.05) is 0 Å². The quantitative estimate of drug-likeness (QED) is 0.884. The molecule has 0 aliphatic rings. The topological polar surface area (TPSA) is 29.5 Å². The van der Waals surface area contributed by atoms with Crippen LogP contribution in [0.3, 0.4) is 0 Å². The molecule has 0 saturated heterocycles. The molecular weight excluding hydrogens is 248 g/mol. The predicted molar refractivity (Wildman–Crippen MR) is 82.3 cm³/mol. The highest BCUT2D eigenvalue weighted by molar-refractivity contribution is 5.40. The second-order valence-corrected chi connectivity index (χ2v) is 6.13. The lowest BCUT2D eigenvalue weighted by molar-refractivity contribution is 0.281. The number of ether oxygens (including phenoxy) is 1. The van der Waals surface area contributed by atoms with Gasteiger partial charge in [-0.15, -0.1) is 0 Å². The Kier molecular flexibility index (Phi) is 4.15. The van der Waals surface area contributed by atoms with Crippen LogP contribution in [0.15, 0.2) is 42.5 Å². The van der Waals surface area contributed by atoms with E-state index in [0.29, 0.717) is 0 Å².